The Labute approximate surface area is 50.7 Å². The summed E-state index contributed by atoms with van der Waals surface area (Å²) < 4.78 is 0. The van der Waals surface area contributed by atoms with Gasteiger partial charge in [-0.15, -0.1) is 0 Å². The predicted octanol–water partition coefficient (Wildman–Crippen LogP) is 0.0377. The summed E-state index contributed by atoms with van der Waals surface area (Å²) in [6.45, 7) is 3.26. The molecule has 8 heavy (non-hydrogen) atoms. The van der Waals surface area contributed by atoms with E-state index in [2.05, 4.69) is 18.9 Å². The predicted molar refractivity (Wildman–Crippen MR) is 34.7 cm³/mol. The molecule has 1 heterocycles. The van der Waals surface area contributed by atoms with Crippen LogP contribution in [-0.2, 0) is 0 Å². The summed E-state index contributed by atoms with van der Waals surface area (Å²) in [5, 5.41) is 0. The Kier molecular flexibility index (Phi) is 1.54. The molecule has 0 aromatic heterocycles. The zero-order chi connectivity index (χ0) is 6.15. The average Bonchev–Trinajstić information content (AvgIpc) is 1.67. The molecule has 0 aromatic rings. The second-order valence-corrected chi connectivity index (χ2v) is 2.58. The smallest absolute Gasteiger partial charge is 0.0326 e. The molecule has 2 nitrogen and oxygen atoms in total. The number of likely N-dealkylation sites (tertiary alicyclic amines) is 1. The second kappa shape index (κ2) is 2.03. The molecule has 0 radical (unpaired) electrons. The standard InChI is InChI=1S/C6H14N2/c1-3-6-5(7)4-8(6)2/h5-6H,3-4,7H2,1-2H3/t5-,6+/m0/s1. The highest BCUT2D eigenvalue weighted by atomic mass is 15.2. The Morgan fingerprint density at radius 2 is 2.38 bits per heavy atom. The molecular weight excluding hydrogens is 100 g/mol. The maximum atomic E-state index is 5.68. The molecule has 0 aliphatic carbocycles. The summed E-state index contributed by atoms with van der Waals surface area (Å²) in [7, 11) is 2.12. The van der Waals surface area contributed by atoms with Gasteiger partial charge in [0.05, 0.1) is 0 Å². The number of nitrogens with zero attached hydrogens (tertiary/aromatic N) is 1. The van der Waals surface area contributed by atoms with Gasteiger partial charge in [-0.3, -0.25) is 0 Å². The molecular formula is C6H14N2. The van der Waals surface area contributed by atoms with Gasteiger partial charge in [-0.1, -0.05) is 6.92 Å². The van der Waals surface area contributed by atoms with Crippen molar-refractivity contribution >= 4 is 0 Å². The quantitative estimate of drug-likeness (QED) is 0.521. The lowest BCUT2D eigenvalue weighted by atomic mass is 9.96. The summed E-state index contributed by atoms with van der Waals surface area (Å²) in [5.41, 5.74) is 5.68. The van der Waals surface area contributed by atoms with Gasteiger partial charge in [-0.05, 0) is 13.5 Å². The SMILES string of the molecule is CC[C@@H]1[C@@H](N)CN1C. The van der Waals surface area contributed by atoms with E-state index in [1.165, 1.54) is 6.42 Å². The van der Waals surface area contributed by atoms with E-state index < -0.39 is 0 Å². The molecule has 0 amide bonds. The van der Waals surface area contributed by atoms with E-state index in [-0.39, 0.29) is 0 Å². The maximum absolute atomic E-state index is 5.68. The minimum atomic E-state index is 0.449. The van der Waals surface area contributed by atoms with Gasteiger partial charge in [0.1, 0.15) is 0 Å². The third kappa shape index (κ3) is 0.740. The van der Waals surface area contributed by atoms with Crippen LogP contribution in [0.3, 0.4) is 0 Å². The molecule has 0 bridgehead atoms. The Balaban J connectivity index is 2.29. The average molecular weight is 114 g/mol. The van der Waals surface area contributed by atoms with Gasteiger partial charge in [0.25, 0.3) is 0 Å². The first kappa shape index (κ1) is 6.05. The fourth-order valence-corrected chi connectivity index (χ4v) is 1.39. The highest BCUT2D eigenvalue weighted by Crippen LogP contribution is 2.15. The monoisotopic (exact) mass is 114 g/mol. The van der Waals surface area contributed by atoms with Gasteiger partial charge < -0.3 is 10.6 Å². The third-order valence-electron chi connectivity index (χ3n) is 1.98. The van der Waals surface area contributed by atoms with Crippen LogP contribution in [-0.4, -0.2) is 30.6 Å². The van der Waals surface area contributed by atoms with Crippen molar-refractivity contribution in [2.24, 2.45) is 5.73 Å². The molecule has 1 fully saturated rings. The molecule has 48 valence electrons. The van der Waals surface area contributed by atoms with Crippen molar-refractivity contribution in [1.29, 1.82) is 0 Å². The zero-order valence-electron chi connectivity index (χ0n) is 5.59. The molecule has 1 aliphatic heterocycles. The molecule has 1 rings (SSSR count). The summed E-state index contributed by atoms with van der Waals surface area (Å²) in [6.07, 6.45) is 1.19. The van der Waals surface area contributed by atoms with Crippen LogP contribution in [0.25, 0.3) is 0 Å². The lowest BCUT2D eigenvalue weighted by molar-refractivity contribution is 0.0913. The summed E-state index contributed by atoms with van der Waals surface area (Å²) in [6, 6.07) is 1.11. The van der Waals surface area contributed by atoms with Crippen molar-refractivity contribution in [3.8, 4) is 0 Å². The van der Waals surface area contributed by atoms with Crippen molar-refractivity contribution < 1.29 is 0 Å². The first-order valence-corrected chi connectivity index (χ1v) is 3.21. The fraction of sp³-hybridized carbons (Fsp3) is 1.00. The van der Waals surface area contributed by atoms with Crippen molar-refractivity contribution in [2.45, 2.75) is 25.4 Å². The van der Waals surface area contributed by atoms with E-state index in [9.17, 15) is 0 Å². The highest BCUT2D eigenvalue weighted by molar-refractivity contribution is 4.91. The van der Waals surface area contributed by atoms with Crippen LogP contribution in [0.2, 0.25) is 0 Å². The van der Waals surface area contributed by atoms with E-state index in [4.69, 9.17) is 5.73 Å². The molecule has 1 saturated heterocycles. The molecule has 1 aliphatic rings. The highest BCUT2D eigenvalue weighted by Gasteiger charge is 2.30. The van der Waals surface area contributed by atoms with Crippen LogP contribution in [0.5, 0.6) is 0 Å². The Bertz CT molecular complexity index is 74.6. The first-order valence-electron chi connectivity index (χ1n) is 3.21. The van der Waals surface area contributed by atoms with E-state index >= 15 is 0 Å². The van der Waals surface area contributed by atoms with E-state index in [1.807, 2.05) is 0 Å². The van der Waals surface area contributed by atoms with Crippen LogP contribution in [0.4, 0.5) is 0 Å². The van der Waals surface area contributed by atoms with Crippen LogP contribution >= 0.6 is 0 Å². The van der Waals surface area contributed by atoms with E-state index in [0.29, 0.717) is 12.1 Å². The van der Waals surface area contributed by atoms with Gasteiger partial charge in [-0.2, -0.15) is 0 Å². The van der Waals surface area contributed by atoms with E-state index in [1.54, 1.807) is 0 Å². The molecule has 0 aromatic carbocycles. The molecule has 0 saturated carbocycles. The lowest BCUT2D eigenvalue weighted by Gasteiger charge is -2.43. The third-order valence-corrected chi connectivity index (χ3v) is 1.98. The Morgan fingerprint density at radius 3 is 2.50 bits per heavy atom. The van der Waals surface area contributed by atoms with Gasteiger partial charge in [0, 0.05) is 18.6 Å². The topological polar surface area (TPSA) is 29.3 Å². The van der Waals surface area contributed by atoms with E-state index in [0.717, 1.165) is 6.54 Å². The Hall–Kier alpha value is -0.0800. The van der Waals surface area contributed by atoms with Crippen LogP contribution in [0.15, 0.2) is 0 Å². The summed E-state index contributed by atoms with van der Waals surface area (Å²) >= 11 is 0. The van der Waals surface area contributed by atoms with Gasteiger partial charge in [0.2, 0.25) is 0 Å². The summed E-state index contributed by atoms with van der Waals surface area (Å²) in [5.74, 6) is 0. The first-order chi connectivity index (χ1) is 3.75. The number of rotatable bonds is 1. The van der Waals surface area contributed by atoms with Gasteiger partial charge in [-0.25, -0.2) is 0 Å². The lowest BCUT2D eigenvalue weighted by Crippen LogP contribution is -2.61. The van der Waals surface area contributed by atoms with Crippen molar-refractivity contribution in [2.75, 3.05) is 13.6 Å². The zero-order valence-corrected chi connectivity index (χ0v) is 5.59. The molecule has 0 spiro atoms. The van der Waals surface area contributed by atoms with Crippen LogP contribution in [0.1, 0.15) is 13.3 Å². The van der Waals surface area contributed by atoms with Crippen molar-refractivity contribution in [1.82, 2.24) is 4.90 Å². The molecule has 0 unspecified atom stereocenters. The Morgan fingerprint density at radius 1 is 1.75 bits per heavy atom. The molecule has 2 atom stereocenters. The summed E-state index contributed by atoms with van der Waals surface area (Å²) in [4.78, 5) is 2.30. The second-order valence-electron chi connectivity index (χ2n) is 2.58. The minimum Gasteiger partial charge on any atom is -0.325 e. The molecule has 2 heteroatoms. The minimum absolute atomic E-state index is 0.449. The number of likely N-dealkylation sites (N-methyl/N-ethyl adjacent to an activating group) is 1. The van der Waals surface area contributed by atoms with Gasteiger partial charge >= 0.3 is 0 Å². The molecule has 2 N–H and O–H groups in total. The largest absolute Gasteiger partial charge is 0.325 e. The maximum Gasteiger partial charge on any atom is 0.0326 e. The fourth-order valence-electron chi connectivity index (χ4n) is 1.39. The van der Waals surface area contributed by atoms with Crippen LogP contribution < -0.4 is 5.73 Å². The van der Waals surface area contributed by atoms with Crippen LogP contribution in [0, 0.1) is 0 Å². The number of nitrogens with two attached hydrogens (primary N) is 1. The van der Waals surface area contributed by atoms with Gasteiger partial charge in [0.15, 0.2) is 0 Å². The van der Waals surface area contributed by atoms with Crippen molar-refractivity contribution in [3.05, 3.63) is 0 Å². The van der Waals surface area contributed by atoms with Crippen molar-refractivity contribution in [3.63, 3.8) is 0 Å². The number of hydrogen-bond acceptors (Lipinski definition) is 2. The normalized spacial score (nSPS) is 39.4. The number of hydrogen-bond donors (Lipinski definition) is 1.